The number of hydrogen-bond donors (Lipinski definition) is 1. The summed E-state index contributed by atoms with van der Waals surface area (Å²) in [7, 11) is -1.59. The van der Waals surface area contributed by atoms with Gasteiger partial charge in [-0.05, 0) is 94.7 Å². The molecule has 1 N–H and O–H groups in total. The molecule has 6 heteroatoms. The van der Waals surface area contributed by atoms with Gasteiger partial charge in [0.05, 0.1) is 13.4 Å². The van der Waals surface area contributed by atoms with Gasteiger partial charge in [0, 0.05) is 18.3 Å². The molecule has 1 unspecified atom stereocenters. The first-order valence-corrected chi connectivity index (χ1v) is 13.1. The van der Waals surface area contributed by atoms with E-state index in [4.69, 9.17) is 4.74 Å². The predicted octanol–water partition coefficient (Wildman–Crippen LogP) is 4.85. The second kappa shape index (κ2) is 7.68. The average molecular weight is 439 g/mol. The van der Waals surface area contributed by atoms with Crippen LogP contribution < -0.4 is 9.46 Å². The first-order chi connectivity index (χ1) is 14.9. The van der Waals surface area contributed by atoms with E-state index < -0.39 is 10.0 Å². The fraction of sp³-hybridized carbons (Fsp3) is 0.440. The van der Waals surface area contributed by atoms with Gasteiger partial charge in [-0.3, -0.25) is 9.62 Å². The summed E-state index contributed by atoms with van der Waals surface area (Å²) in [5.74, 6) is 0.938. The Labute approximate surface area is 184 Å². The van der Waals surface area contributed by atoms with Gasteiger partial charge in [0.1, 0.15) is 5.75 Å². The first kappa shape index (κ1) is 20.6. The monoisotopic (exact) mass is 438 g/mol. The van der Waals surface area contributed by atoms with Crippen LogP contribution in [0.1, 0.15) is 42.9 Å². The molecule has 2 aliphatic heterocycles. The minimum Gasteiger partial charge on any atom is -0.496 e. The zero-order valence-corrected chi connectivity index (χ0v) is 19.3. The van der Waals surface area contributed by atoms with Gasteiger partial charge in [-0.2, -0.15) is 0 Å². The highest BCUT2D eigenvalue weighted by molar-refractivity contribution is 7.92. The van der Waals surface area contributed by atoms with E-state index in [1.165, 1.54) is 58.4 Å². The highest BCUT2D eigenvalue weighted by atomic mass is 32.2. The molecule has 0 spiro atoms. The van der Waals surface area contributed by atoms with Gasteiger partial charge in [-0.15, -0.1) is 0 Å². The van der Waals surface area contributed by atoms with Crippen LogP contribution in [0.15, 0.2) is 30.3 Å². The number of piperidine rings is 1. The van der Waals surface area contributed by atoms with E-state index in [2.05, 4.69) is 34.7 Å². The number of nitrogens with one attached hydrogen (secondary N) is 1. The number of rotatable bonds is 4. The molecule has 0 aromatic heterocycles. The van der Waals surface area contributed by atoms with Crippen molar-refractivity contribution in [1.82, 2.24) is 4.90 Å². The lowest BCUT2D eigenvalue weighted by atomic mass is 9.82. The number of ether oxygens (including phenoxy) is 1. The molecule has 2 heterocycles. The van der Waals surface area contributed by atoms with E-state index in [-0.39, 0.29) is 0 Å². The fourth-order valence-electron chi connectivity index (χ4n) is 5.55. The van der Waals surface area contributed by atoms with Crippen molar-refractivity contribution in [1.29, 1.82) is 0 Å². The molecule has 31 heavy (non-hydrogen) atoms. The summed E-state index contributed by atoms with van der Waals surface area (Å²) in [4.78, 5) is 2.64. The Hall–Kier alpha value is -2.31. The lowest BCUT2D eigenvalue weighted by molar-refractivity contribution is 0.128. The Kier molecular flexibility index (Phi) is 5.10. The van der Waals surface area contributed by atoms with Gasteiger partial charge in [0.25, 0.3) is 0 Å². The van der Waals surface area contributed by atoms with Crippen molar-refractivity contribution in [3.8, 4) is 5.75 Å². The Morgan fingerprint density at radius 2 is 1.87 bits per heavy atom. The lowest BCUT2D eigenvalue weighted by Crippen LogP contribution is -2.43. The van der Waals surface area contributed by atoms with Crippen LogP contribution in [0.5, 0.6) is 5.75 Å². The quantitative estimate of drug-likeness (QED) is 0.592. The molecule has 0 bridgehead atoms. The summed E-state index contributed by atoms with van der Waals surface area (Å²) in [6.45, 7) is 4.26. The van der Waals surface area contributed by atoms with Gasteiger partial charge in [0.15, 0.2) is 0 Å². The van der Waals surface area contributed by atoms with Crippen LogP contribution in [0.4, 0.5) is 5.69 Å². The third kappa shape index (κ3) is 3.66. The number of methoxy groups -OCH3 is 1. The van der Waals surface area contributed by atoms with Crippen molar-refractivity contribution in [3.05, 3.63) is 47.0 Å². The third-order valence-electron chi connectivity index (χ3n) is 6.98. The van der Waals surface area contributed by atoms with Crippen molar-refractivity contribution >= 4 is 37.3 Å². The number of hydrogen-bond acceptors (Lipinski definition) is 4. The van der Waals surface area contributed by atoms with Gasteiger partial charge >= 0.3 is 0 Å². The van der Waals surface area contributed by atoms with Crippen LogP contribution in [-0.2, 0) is 29.4 Å². The summed E-state index contributed by atoms with van der Waals surface area (Å²) >= 11 is 0. The zero-order valence-electron chi connectivity index (χ0n) is 18.5. The number of fused-ring (bicyclic) bond motifs is 7. The highest BCUT2D eigenvalue weighted by Gasteiger charge is 2.31. The smallest absolute Gasteiger partial charge is 0.229 e. The first-order valence-electron chi connectivity index (χ1n) is 11.2. The molecule has 1 fully saturated rings. The van der Waals surface area contributed by atoms with Crippen LogP contribution >= 0.6 is 0 Å². The molecular formula is C25H30N2O3S. The van der Waals surface area contributed by atoms with Gasteiger partial charge in [-0.1, -0.05) is 19.4 Å². The van der Waals surface area contributed by atoms with Crippen molar-refractivity contribution in [2.45, 2.75) is 51.6 Å². The van der Waals surface area contributed by atoms with E-state index in [1.807, 2.05) is 12.1 Å². The number of benzene rings is 3. The molecule has 1 atom stereocenters. The molecule has 0 amide bonds. The number of aryl methyl sites for hydroxylation is 1. The van der Waals surface area contributed by atoms with E-state index >= 15 is 0 Å². The minimum atomic E-state index is -3.33. The van der Waals surface area contributed by atoms with E-state index in [9.17, 15) is 8.42 Å². The molecule has 0 radical (unpaired) electrons. The predicted molar refractivity (Wildman–Crippen MR) is 128 cm³/mol. The van der Waals surface area contributed by atoms with Gasteiger partial charge < -0.3 is 4.74 Å². The summed E-state index contributed by atoms with van der Waals surface area (Å²) in [6.07, 6.45) is 6.99. The van der Waals surface area contributed by atoms with E-state index in [1.54, 1.807) is 7.11 Å². The molecule has 0 aliphatic carbocycles. The topological polar surface area (TPSA) is 58.6 Å². The standard InChI is InChI=1S/C25H30N2O3S/c1-4-16-11-20-21-12-17(26-31(3,28)29)8-9-19(21)24-15-27-10-6-5-7-18(27)13-22(24)23(20)14-25(16)30-2/h8-9,11-12,14,18,26H,4-7,10,13,15H2,1-3H3. The Morgan fingerprint density at radius 1 is 1.06 bits per heavy atom. The second-order valence-corrected chi connectivity index (χ2v) is 10.7. The molecule has 5 rings (SSSR count). The summed E-state index contributed by atoms with van der Waals surface area (Å²) in [6, 6.07) is 11.1. The SMILES string of the molecule is CCc1cc2c(cc1OC)c1c(c3ccc(NS(C)(=O)=O)cc32)CN2CCCCC2C1. The molecule has 2 aliphatic rings. The van der Waals surface area contributed by atoms with Crippen molar-refractivity contribution in [3.63, 3.8) is 0 Å². The third-order valence-corrected chi connectivity index (χ3v) is 7.59. The van der Waals surface area contributed by atoms with Crippen LogP contribution in [0.3, 0.4) is 0 Å². The average Bonchev–Trinajstić information content (AvgIpc) is 2.76. The van der Waals surface area contributed by atoms with E-state index in [0.29, 0.717) is 11.7 Å². The van der Waals surface area contributed by atoms with Crippen molar-refractivity contribution < 1.29 is 13.2 Å². The normalized spacial score (nSPS) is 19.3. The maximum absolute atomic E-state index is 11.8. The minimum absolute atomic E-state index is 0.608. The van der Waals surface area contributed by atoms with Crippen molar-refractivity contribution in [2.24, 2.45) is 0 Å². The molecule has 1 saturated heterocycles. The van der Waals surface area contributed by atoms with Gasteiger partial charge in [-0.25, -0.2) is 8.42 Å². The molecule has 3 aromatic carbocycles. The maximum atomic E-state index is 11.8. The van der Waals surface area contributed by atoms with E-state index in [0.717, 1.165) is 37.1 Å². The number of anilines is 1. The summed E-state index contributed by atoms with van der Waals surface area (Å²) in [5, 5.41) is 4.78. The Morgan fingerprint density at radius 3 is 2.61 bits per heavy atom. The highest BCUT2D eigenvalue weighted by Crippen LogP contribution is 2.42. The Balaban J connectivity index is 1.82. The number of sulfonamides is 1. The maximum Gasteiger partial charge on any atom is 0.229 e. The largest absolute Gasteiger partial charge is 0.496 e. The molecule has 5 nitrogen and oxygen atoms in total. The fourth-order valence-corrected chi connectivity index (χ4v) is 6.10. The van der Waals surface area contributed by atoms with Crippen LogP contribution in [0.2, 0.25) is 0 Å². The second-order valence-electron chi connectivity index (χ2n) is 8.98. The van der Waals surface area contributed by atoms with Crippen LogP contribution in [-0.4, -0.2) is 39.3 Å². The van der Waals surface area contributed by atoms with Crippen molar-refractivity contribution in [2.75, 3.05) is 24.6 Å². The molecule has 164 valence electrons. The van der Waals surface area contributed by atoms with Crippen LogP contribution in [0, 0.1) is 0 Å². The summed E-state index contributed by atoms with van der Waals surface area (Å²) in [5.41, 5.74) is 4.61. The molecule has 0 saturated carbocycles. The number of nitrogens with zero attached hydrogens (tertiary/aromatic N) is 1. The zero-order chi connectivity index (χ0) is 21.8. The lowest BCUT2D eigenvalue weighted by Gasteiger charge is -2.41. The summed E-state index contributed by atoms with van der Waals surface area (Å²) < 4.78 is 32.1. The van der Waals surface area contributed by atoms with Gasteiger partial charge in [0.2, 0.25) is 10.0 Å². The molecular weight excluding hydrogens is 408 g/mol. The Bertz CT molecular complexity index is 1280. The molecule has 3 aromatic rings. The van der Waals surface area contributed by atoms with Crippen LogP contribution in [0.25, 0.3) is 21.5 Å².